The molecule has 5 nitrogen and oxygen atoms in total. The van der Waals surface area contributed by atoms with Gasteiger partial charge in [-0.3, -0.25) is 4.99 Å². The molecule has 1 atom stereocenters. The van der Waals surface area contributed by atoms with Gasteiger partial charge in [-0.2, -0.15) is 0 Å². The van der Waals surface area contributed by atoms with Crippen molar-refractivity contribution < 1.29 is 14.2 Å². The number of halogens is 1. The summed E-state index contributed by atoms with van der Waals surface area (Å²) in [5.41, 5.74) is 1.25. The van der Waals surface area contributed by atoms with Crippen LogP contribution in [0.1, 0.15) is 12.5 Å². The molecule has 0 bridgehead atoms. The normalized spacial score (nSPS) is 12.5. The quantitative estimate of drug-likeness (QED) is 0.475. The molecule has 0 aliphatic rings. The van der Waals surface area contributed by atoms with E-state index in [-0.39, 0.29) is 19.0 Å². The number of aliphatic hydroxyl groups is 1. The van der Waals surface area contributed by atoms with Crippen LogP contribution in [-0.4, -0.2) is 43.4 Å². The maximum atomic E-state index is 12.8. The van der Waals surface area contributed by atoms with Gasteiger partial charge in [0.25, 0.3) is 0 Å². The Labute approximate surface area is 153 Å². The van der Waals surface area contributed by atoms with Crippen LogP contribution in [0.2, 0.25) is 0 Å². The first-order valence-corrected chi connectivity index (χ1v) is 8.80. The highest BCUT2D eigenvalue weighted by molar-refractivity contribution is 5.79. The molecule has 0 heterocycles. The molecule has 2 aromatic rings. The smallest absolute Gasteiger partial charge is 0.191 e. The molecule has 0 aromatic heterocycles. The standard InChI is InChI=1S/C20H26FN3O2/c1-2-22-20(23-13-12-16-6-4-3-5-7-16)24-14-18(25)15-26-19-10-8-17(21)9-11-19/h3-11,18,25H,2,12-15H2,1H3,(H2,22,23,24). The van der Waals surface area contributed by atoms with Crippen LogP contribution in [0.3, 0.4) is 0 Å². The van der Waals surface area contributed by atoms with Crippen LogP contribution in [-0.2, 0) is 6.42 Å². The van der Waals surface area contributed by atoms with Gasteiger partial charge in [-0.1, -0.05) is 30.3 Å². The van der Waals surface area contributed by atoms with E-state index < -0.39 is 6.10 Å². The van der Waals surface area contributed by atoms with E-state index in [9.17, 15) is 9.50 Å². The third-order valence-corrected chi connectivity index (χ3v) is 3.61. The van der Waals surface area contributed by atoms with E-state index in [0.717, 1.165) is 19.5 Å². The van der Waals surface area contributed by atoms with Gasteiger partial charge in [-0.15, -0.1) is 0 Å². The highest BCUT2D eigenvalue weighted by atomic mass is 19.1. The lowest BCUT2D eigenvalue weighted by Gasteiger charge is -2.14. The third-order valence-electron chi connectivity index (χ3n) is 3.61. The molecule has 3 N–H and O–H groups in total. The summed E-state index contributed by atoms with van der Waals surface area (Å²) in [6, 6.07) is 15.9. The van der Waals surface area contributed by atoms with Crippen molar-refractivity contribution in [2.75, 3.05) is 26.2 Å². The molecule has 0 fully saturated rings. The number of hydrogen-bond donors (Lipinski definition) is 3. The van der Waals surface area contributed by atoms with E-state index in [2.05, 4.69) is 27.8 Å². The second-order valence-corrected chi connectivity index (χ2v) is 5.80. The highest BCUT2D eigenvalue weighted by Gasteiger charge is 2.06. The van der Waals surface area contributed by atoms with E-state index in [1.165, 1.54) is 29.8 Å². The van der Waals surface area contributed by atoms with Gasteiger partial charge in [-0.25, -0.2) is 4.39 Å². The fourth-order valence-electron chi connectivity index (χ4n) is 2.28. The van der Waals surface area contributed by atoms with E-state index >= 15 is 0 Å². The Hall–Kier alpha value is -2.60. The molecule has 0 saturated carbocycles. The predicted molar refractivity (Wildman–Crippen MR) is 102 cm³/mol. The molecule has 2 rings (SSSR count). The van der Waals surface area contributed by atoms with Gasteiger partial charge in [0.1, 0.15) is 24.3 Å². The van der Waals surface area contributed by atoms with Crippen molar-refractivity contribution in [3.63, 3.8) is 0 Å². The summed E-state index contributed by atoms with van der Waals surface area (Å²) in [6.45, 7) is 3.78. The van der Waals surface area contributed by atoms with Crippen molar-refractivity contribution in [3.8, 4) is 5.75 Å². The number of nitrogens with zero attached hydrogens (tertiary/aromatic N) is 1. The summed E-state index contributed by atoms with van der Waals surface area (Å²) in [6.07, 6.45) is 0.145. The van der Waals surface area contributed by atoms with Crippen LogP contribution in [0.25, 0.3) is 0 Å². The Morgan fingerprint density at radius 2 is 1.85 bits per heavy atom. The highest BCUT2D eigenvalue weighted by Crippen LogP contribution is 2.11. The third kappa shape index (κ3) is 7.53. The number of aliphatic imine (C=N–C) groups is 1. The molecule has 6 heteroatoms. The summed E-state index contributed by atoms with van der Waals surface area (Å²) < 4.78 is 18.3. The van der Waals surface area contributed by atoms with Gasteiger partial charge < -0.3 is 20.5 Å². The molecule has 1 unspecified atom stereocenters. The Kier molecular flexibility index (Phi) is 8.42. The molecule has 0 aliphatic heterocycles. The molecule has 0 aliphatic carbocycles. The number of guanidine groups is 1. The lowest BCUT2D eigenvalue weighted by atomic mass is 10.1. The molecular weight excluding hydrogens is 333 g/mol. The first kappa shape index (κ1) is 19.7. The van der Waals surface area contributed by atoms with Crippen molar-refractivity contribution >= 4 is 5.96 Å². The zero-order chi connectivity index (χ0) is 18.6. The molecule has 0 amide bonds. The number of ether oxygens (including phenoxy) is 1. The summed E-state index contributed by atoms with van der Waals surface area (Å²) in [5.74, 6) is 0.853. The minimum absolute atomic E-state index is 0.0958. The van der Waals surface area contributed by atoms with Gasteiger partial charge >= 0.3 is 0 Å². The van der Waals surface area contributed by atoms with Crippen molar-refractivity contribution in [1.82, 2.24) is 10.6 Å². The van der Waals surface area contributed by atoms with Crippen LogP contribution in [0.4, 0.5) is 4.39 Å². The number of benzene rings is 2. The van der Waals surface area contributed by atoms with Crippen LogP contribution in [0.5, 0.6) is 5.75 Å². The molecule has 26 heavy (non-hydrogen) atoms. The first-order chi connectivity index (χ1) is 12.7. The summed E-state index contributed by atoms with van der Waals surface area (Å²) in [4.78, 5) is 4.38. The van der Waals surface area contributed by atoms with Crippen LogP contribution < -0.4 is 15.4 Å². The lowest BCUT2D eigenvalue weighted by Crippen LogP contribution is -2.39. The Morgan fingerprint density at radius 1 is 1.12 bits per heavy atom. The van der Waals surface area contributed by atoms with Crippen LogP contribution >= 0.6 is 0 Å². The maximum Gasteiger partial charge on any atom is 0.191 e. The Balaban J connectivity index is 1.74. The molecule has 0 saturated heterocycles. The van der Waals surface area contributed by atoms with Gasteiger partial charge in [0.2, 0.25) is 0 Å². The van der Waals surface area contributed by atoms with Crippen LogP contribution in [0.15, 0.2) is 59.6 Å². The van der Waals surface area contributed by atoms with E-state index in [1.54, 1.807) is 0 Å². The molecule has 2 aromatic carbocycles. The number of rotatable bonds is 9. The van der Waals surface area contributed by atoms with Crippen LogP contribution in [0, 0.1) is 5.82 Å². The van der Waals surface area contributed by atoms with Crippen molar-refractivity contribution in [1.29, 1.82) is 0 Å². The van der Waals surface area contributed by atoms with E-state index in [1.807, 2.05) is 25.1 Å². The van der Waals surface area contributed by atoms with Gasteiger partial charge in [0.05, 0.1) is 6.54 Å². The fourth-order valence-corrected chi connectivity index (χ4v) is 2.28. The zero-order valence-electron chi connectivity index (χ0n) is 15.0. The van der Waals surface area contributed by atoms with E-state index in [0.29, 0.717) is 11.7 Å². The molecular formula is C20H26FN3O2. The second-order valence-electron chi connectivity index (χ2n) is 5.80. The SMILES string of the molecule is CCNC(=NCC(O)COc1ccc(F)cc1)NCCc1ccccc1. The zero-order valence-corrected chi connectivity index (χ0v) is 15.0. The van der Waals surface area contributed by atoms with Gasteiger partial charge in [0, 0.05) is 13.1 Å². The molecule has 0 radical (unpaired) electrons. The Bertz CT molecular complexity index is 663. The first-order valence-electron chi connectivity index (χ1n) is 8.80. The van der Waals surface area contributed by atoms with Crippen molar-refractivity contribution in [2.24, 2.45) is 4.99 Å². The summed E-state index contributed by atoms with van der Waals surface area (Å²) in [5, 5.41) is 16.4. The monoisotopic (exact) mass is 359 g/mol. The van der Waals surface area contributed by atoms with E-state index in [4.69, 9.17) is 4.74 Å². The average Bonchev–Trinajstić information content (AvgIpc) is 2.66. The number of nitrogens with one attached hydrogen (secondary N) is 2. The van der Waals surface area contributed by atoms with Crippen molar-refractivity contribution in [2.45, 2.75) is 19.4 Å². The molecule has 0 spiro atoms. The predicted octanol–water partition coefficient (Wildman–Crippen LogP) is 2.36. The summed E-state index contributed by atoms with van der Waals surface area (Å²) >= 11 is 0. The summed E-state index contributed by atoms with van der Waals surface area (Å²) in [7, 11) is 0. The largest absolute Gasteiger partial charge is 0.491 e. The minimum atomic E-state index is -0.746. The lowest BCUT2D eigenvalue weighted by molar-refractivity contribution is 0.114. The Morgan fingerprint density at radius 3 is 2.54 bits per heavy atom. The fraction of sp³-hybridized carbons (Fsp3) is 0.350. The number of hydrogen-bond acceptors (Lipinski definition) is 3. The minimum Gasteiger partial charge on any atom is -0.491 e. The molecule has 140 valence electrons. The van der Waals surface area contributed by atoms with Gasteiger partial charge in [0.15, 0.2) is 5.96 Å². The number of aliphatic hydroxyl groups excluding tert-OH is 1. The topological polar surface area (TPSA) is 65.9 Å². The van der Waals surface area contributed by atoms with Gasteiger partial charge in [-0.05, 0) is 43.2 Å². The maximum absolute atomic E-state index is 12.8. The second kappa shape index (κ2) is 11.1. The average molecular weight is 359 g/mol. The van der Waals surface area contributed by atoms with Crippen molar-refractivity contribution in [3.05, 3.63) is 66.0 Å².